The van der Waals surface area contributed by atoms with Crippen LogP contribution in [-0.2, 0) is 0 Å². The van der Waals surface area contributed by atoms with Gasteiger partial charge in [-0.25, -0.2) is 0 Å². The first kappa shape index (κ1) is 16.5. The van der Waals surface area contributed by atoms with Gasteiger partial charge in [-0.1, -0.05) is 50.8 Å². The van der Waals surface area contributed by atoms with Crippen LogP contribution < -0.4 is 10.6 Å². The molecule has 3 atom stereocenters. The second-order valence-electron chi connectivity index (χ2n) is 7.42. The van der Waals surface area contributed by atoms with Gasteiger partial charge in [0.2, 0.25) is 0 Å². The van der Waals surface area contributed by atoms with Crippen molar-refractivity contribution >= 4 is 5.91 Å². The highest BCUT2D eigenvalue weighted by Crippen LogP contribution is 2.44. The van der Waals surface area contributed by atoms with Crippen molar-refractivity contribution in [3.63, 3.8) is 0 Å². The van der Waals surface area contributed by atoms with Crippen molar-refractivity contribution in [1.29, 1.82) is 0 Å². The molecule has 0 spiro atoms. The van der Waals surface area contributed by atoms with Crippen molar-refractivity contribution in [1.82, 2.24) is 10.6 Å². The number of carbonyl (C=O) groups is 1. The van der Waals surface area contributed by atoms with Crippen LogP contribution >= 0.6 is 0 Å². The Bertz CT molecular complexity index is 512. The molecule has 3 rings (SSSR count). The lowest BCUT2D eigenvalue weighted by Crippen LogP contribution is -2.49. The zero-order valence-corrected chi connectivity index (χ0v) is 14.3. The number of rotatable bonds is 7. The summed E-state index contributed by atoms with van der Waals surface area (Å²) in [5.74, 6) is 0.0931. The molecule has 3 heteroatoms. The summed E-state index contributed by atoms with van der Waals surface area (Å²) in [5, 5.41) is 7.09. The van der Waals surface area contributed by atoms with Crippen LogP contribution in [0.25, 0.3) is 0 Å². The molecular weight excluding hydrogens is 284 g/mol. The van der Waals surface area contributed by atoms with Gasteiger partial charge in [0, 0.05) is 29.6 Å². The van der Waals surface area contributed by atoms with Gasteiger partial charge < -0.3 is 10.6 Å². The van der Waals surface area contributed by atoms with Crippen LogP contribution in [-0.4, -0.2) is 24.5 Å². The number of fused-ring (bicyclic) bond motifs is 2. The third-order valence-electron chi connectivity index (χ3n) is 5.80. The molecule has 1 aliphatic carbocycles. The highest BCUT2D eigenvalue weighted by Gasteiger charge is 2.47. The summed E-state index contributed by atoms with van der Waals surface area (Å²) in [6, 6.07) is 10.6. The fourth-order valence-corrected chi connectivity index (χ4v) is 4.48. The predicted octanol–water partition coefficient (Wildman–Crippen LogP) is 3.90. The Labute approximate surface area is 140 Å². The highest BCUT2D eigenvalue weighted by atomic mass is 16.1. The SMILES string of the molecule is CCCCCC(NC(=O)c1ccccc1)C12CCCC(C1)NC2. The zero-order valence-electron chi connectivity index (χ0n) is 14.3. The summed E-state index contributed by atoms with van der Waals surface area (Å²) < 4.78 is 0. The van der Waals surface area contributed by atoms with E-state index in [9.17, 15) is 4.79 Å². The molecule has 1 amide bonds. The number of amides is 1. The van der Waals surface area contributed by atoms with Crippen LogP contribution in [0.15, 0.2) is 30.3 Å². The normalized spacial score (nSPS) is 27.6. The molecule has 2 bridgehead atoms. The average Bonchev–Trinajstić information content (AvgIpc) is 2.90. The molecule has 1 aromatic carbocycles. The number of hydrogen-bond acceptors (Lipinski definition) is 2. The van der Waals surface area contributed by atoms with Crippen molar-refractivity contribution in [2.75, 3.05) is 6.54 Å². The van der Waals surface area contributed by atoms with Gasteiger partial charge in [0.05, 0.1) is 0 Å². The van der Waals surface area contributed by atoms with Gasteiger partial charge >= 0.3 is 0 Å². The molecule has 1 aromatic rings. The van der Waals surface area contributed by atoms with Crippen molar-refractivity contribution < 1.29 is 4.79 Å². The van der Waals surface area contributed by atoms with Crippen LogP contribution in [0.1, 0.15) is 68.6 Å². The van der Waals surface area contributed by atoms with E-state index in [1.165, 1.54) is 44.9 Å². The molecule has 2 fully saturated rings. The molecule has 1 saturated carbocycles. The largest absolute Gasteiger partial charge is 0.349 e. The maximum atomic E-state index is 12.7. The smallest absolute Gasteiger partial charge is 0.251 e. The molecule has 23 heavy (non-hydrogen) atoms. The second-order valence-corrected chi connectivity index (χ2v) is 7.42. The van der Waals surface area contributed by atoms with Crippen molar-refractivity contribution in [2.45, 2.75) is 70.4 Å². The van der Waals surface area contributed by atoms with E-state index in [0.717, 1.165) is 18.5 Å². The Morgan fingerprint density at radius 3 is 2.96 bits per heavy atom. The molecule has 1 saturated heterocycles. The monoisotopic (exact) mass is 314 g/mol. The maximum absolute atomic E-state index is 12.7. The number of unbranched alkanes of at least 4 members (excludes halogenated alkanes) is 2. The molecule has 2 aliphatic rings. The number of hydrogen-bond donors (Lipinski definition) is 2. The fraction of sp³-hybridized carbons (Fsp3) is 0.650. The van der Waals surface area contributed by atoms with E-state index in [-0.39, 0.29) is 11.3 Å². The summed E-state index contributed by atoms with van der Waals surface area (Å²) in [6.45, 7) is 3.31. The lowest BCUT2D eigenvalue weighted by atomic mass is 9.69. The average molecular weight is 314 g/mol. The summed E-state index contributed by atoms with van der Waals surface area (Å²) in [6.07, 6.45) is 9.89. The van der Waals surface area contributed by atoms with E-state index in [1.54, 1.807) is 0 Å². The topological polar surface area (TPSA) is 41.1 Å². The lowest BCUT2D eigenvalue weighted by Gasteiger charge is -2.40. The molecule has 1 heterocycles. The van der Waals surface area contributed by atoms with Gasteiger partial charge in [-0.3, -0.25) is 4.79 Å². The van der Waals surface area contributed by atoms with Crippen molar-refractivity contribution in [2.24, 2.45) is 5.41 Å². The Hall–Kier alpha value is -1.35. The van der Waals surface area contributed by atoms with Crippen LogP contribution in [0.3, 0.4) is 0 Å². The number of benzene rings is 1. The minimum absolute atomic E-state index is 0.0931. The van der Waals surface area contributed by atoms with Gasteiger partial charge in [-0.05, 0) is 37.8 Å². The molecule has 3 nitrogen and oxygen atoms in total. The van der Waals surface area contributed by atoms with Crippen molar-refractivity contribution in [3.8, 4) is 0 Å². The molecule has 126 valence electrons. The molecular formula is C20H30N2O. The third-order valence-corrected chi connectivity index (χ3v) is 5.80. The first-order valence-corrected chi connectivity index (χ1v) is 9.33. The van der Waals surface area contributed by atoms with Gasteiger partial charge in [0.1, 0.15) is 0 Å². The highest BCUT2D eigenvalue weighted by molar-refractivity contribution is 5.94. The minimum atomic E-state index is 0.0931. The minimum Gasteiger partial charge on any atom is -0.349 e. The van der Waals surface area contributed by atoms with Gasteiger partial charge in [-0.2, -0.15) is 0 Å². The Morgan fingerprint density at radius 1 is 1.35 bits per heavy atom. The van der Waals surface area contributed by atoms with E-state index in [2.05, 4.69) is 17.6 Å². The van der Waals surface area contributed by atoms with E-state index in [1.807, 2.05) is 30.3 Å². The van der Waals surface area contributed by atoms with Gasteiger partial charge in [-0.15, -0.1) is 0 Å². The number of nitrogens with one attached hydrogen (secondary N) is 2. The third kappa shape index (κ3) is 3.77. The Balaban J connectivity index is 1.72. The van der Waals surface area contributed by atoms with Crippen LogP contribution in [0.5, 0.6) is 0 Å². The van der Waals surface area contributed by atoms with Gasteiger partial charge in [0.15, 0.2) is 0 Å². The van der Waals surface area contributed by atoms with E-state index in [0.29, 0.717) is 12.1 Å². The maximum Gasteiger partial charge on any atom is 0.251 e. The van der Waals surface area contributed by atoms with Crippen LogP contribution in [0.4, 0.5) is 0 Å². The van der Waals surface area contributed by atoms with Crippen molar-refractivity contribution in [3.05, 3.63) is 35.9 Å². The predicted molar refractivity (Wildman–Crippen MR) is 94.5 cm³/mol. The van der Waals surface area contributed by atoms with E-state index < -0.39 is 0 Å². The molecule has 0 aromatic heterocycles. The molecule has 2 N–H and O–H groups in total. The Morgan fingerprint density at radius 2 is 2.17 bits per heavy atom. The lowest BCUT2D eigenvalue weighted by molar-refractivity contribution is 0.0848. The molecule has 1 aliphatic heterocycles. The van der Waals surface area contributed by atoms with E-state index in [4.69, 9.17) is 0 Å². The summed E-state index contributed by atoms with van der Waals surface area (Å²) >= 11 is 0. The first-order valence-electron chi connectivity index (χ1n) is 9.33. The molecule has 3 unspecified atom stereocenters. The standard InChI is InChI=1S/C20H30N2O/c1-2-3-5-12-18(20-13-8-11-17(14-20)21-15-20)22-19(23)16-9-6-4-7-10-16/h4,6-7,9-10,17-18,21H,2-3,5,8,11-15H2,1H3,(H,22,23). The number of carbonyl (C=O) groups excluding carboxylic acids is 1. The van der Waals surface area contributed by atoms with E-state index >= 15 is 0 Å². The van der Waals surface area contributed by atoms with Gasteiger partial charge in [0.25, 0.3) is 5.91 Å². The summed E-state index contributed by atoms with van der Waals surface area (Å²) in [4.78, 5) is 12.7. The zero-order chi connectivity index (χ0) is 16.1. The first-order chi connectivity index (χ1) is 11.2. The summed E-state index contributed by atoms with van der Waals surface area (Å²) in [7, 11) is 0. The quantitative estimate of drug-likeness (QED) is 0.750. The summed E-state index contributed by atoms with van der Waals surface area (Å²) in [5.41, 5.74) is 1.06. The van der Waals surface area contributed by atoms with Crippen LogP contribution in [0.2, 0.25) is 0 Å². The fourth-order valence-electron chi connectivity index (χ4n) is 4.48. The molecule has 0 radical (unpaired) electrons. The Kier molecular flexibility index (Phi) is 5.37. The van der Waals surface area contributed by atoms with Crippen LogP contribution in [0, 0.1) is 5.41 Å². The second kappa shape index (κ2) is 7.48.